The Kier molecular flexibility index (Phi) is 7.74. The third-order valence-corrected chi connectivity index (χ3v) is 7.20. The summed E-state index contributed by atoms with van der Waals surface area (Å²) in [5.74, 6) is -0.478. The monoisotopic (exact) mass is 460 g/mol. The van der Waals surface area contributed by atoms with Gasteiger partial charge in [0.25, 0.3) is 10.0 Å². The Labute approximate surface area is 188 Å². The van der Waals surface area contributed by atoms with Crippen LogP contribution >= 0.6 is 0 Å². The maximum absolute atomic E-state index is 13.5. The highest BCUT2D eigenvalue weighted by molar-refractivity contribution is 7.92. The molecule has 32 heavy (non-hydrogen) atoms. The van der Waals surface area contributed by atoms with Crippen LogP contribution in [0.15, 0.2) is 59.5 Å². The number of sulfonamides is 1. The second-order valence-electron chi connectivity index (χ2n) is 7.40. The largest absolute Gasteiger partial charge is 0.492 e. The van der Waals surface area contributed by atoms with Gasteiger partial charge in [-0.15, -0.1) is 0 Å². The van der Waals surface area contributed by atoms with E-state index in [1.807, 2.05) is 6.92 Å². The van der Waals surface area contributed by atoms with Crippen molar-refractivity contribution in [3.63, 3.8) is 0 Å². The summed E-state index contributed by atoms with van der Waals surface area (Å²) in [5.41, 5.74) is 0.302. The van der Waals surface area contributed by atoms with Crippen LogP contribution in [0.25, 0.3) is 0 Å². The molecule has 2 aromatic rings. The fourth-order valence-electron chi connectivity index (χ4n) is 3.71. The number of piperidine rings is 1. The smallest absolute Gasteiger partial charge is 0.308 e. The summed E-state index contributed by atoms with van der Waals surface area (Å²) in [6, 6.07) is 14.8. The summed E-state index contributed by atoms with van der Waals surface area (Å²) >= 11 is 0. The molecule has 1 heterocycles. The molecule has 2 aromatic carbocycles. The molecule has 0 aliphatic carbocycles. The average Bonchev–Trinajstić information content (AvgIpc) is 2.83. The summed E-state index contributed by atoms with van der Waals surface area (Å²) in [6.07, 6.45) is 0.971. The first kappa shape index (κ1) is 23.6. The van der Waals surface area contributed by atoms with Gasteiger partial charge in [0.15, 0.2) is 0 Å². The summed E-state index contributed by atoms with van der Waals surface area (Å²) in [7, 11) is -2.68. The van der Waals surface area contributed by atoms with E-state index in [9.17, 15) is 18.0 Å². The van der Waals surface area contributed by atoms with Crippen molar-refractivity contribution in [1.29, 1.82) is 0 Å². The molecule has 1 aliphatic heterocycles. The molecule has 0 atom stereocenters. The molecule has 9 heteroatoms. The van der Waals surface area contributed by atoms with Crippen LogP contribution in [0.2, 0.25) is 0 Å². The molecular formula is C23H28N2O6S. The summed E-state index contributed by atoms with van der Waals surface area (Å²) in [4.78, 5) is 26.6. The number of likely N-dealkylation sites (tertiary alicyclic amines) is 1. The second-order valence-corrected chi connectivity index (χ2v) is 9.27. The minimum Gasteiger partial charge on any atom is -0.492 e. The highest BCUT2D eigenvalue weighted by atomic mass is 32.2. The molecule has 0 radical (unpaired) electrons. The van der Waals surface area contributed by atoms with E-state index < -0.39 is 10.0 Å². The number of anilines is 1. The first-order chi connectivity index (χ1) is 15.4. The van der Waals surface area contributed by atoms with Crippen LogP contribution in [0.3, 0.4) is 0 Å². The van der Waals surface area contributed by atoms with E-state index in [4.69, 9.17) is 9.47 Å². The molecule has 1 fully saturated rings. The molecule has 0 aromatic heterocycles. The first-order valence-corrected chi connectivity index (χ1v) is 12.0. The quantitative estimate of drug-likeness (QED) is 0.563. The number of hydrogen-bond acceptors (Lipinski definition) is 6. The normalized spacial score (nSPS) is 14.6. The van der Waals surface area contributed by atoms with Crippen LogP contribution < -0.4 is 9.04 Å². The minimum absolute atomic E-state index is 0.0866. The molecule has 1 saturated heterocycles. The van der Waals surface area contributed by atoms with E-state index in [2.05, 4.69) is 0 Å². The van der Waals surface area contributed by atoms with E-state index in [1.165, 1.54) is 19.2 Å². The van der Waals surface area contributed by atoms with E-state index in [1.54, 1.807) is 47.4 Å². The molecule has 0 saturated carbocycles. The standard InChI is InChI=1S/C23H28N2O6S/c1-3-31-21-12-8-7-11-20(21)25(32(28,29)19-9-5-4-6-10-19)17-22(26)24-15-13-18(14-16-24)23(27)30-2/h4-12,18H,3,13-17H2,1-2H3. The van der Waals surface area contributed by atoms with Crippen LogP contribution in [-0.4, -0.2) is 58.5 Å². The fraction of sp³-hybridized carbons (Fsp3) is 0.391. The van der Waals surface area contributed by atoms with Gasteiger partial charge < -0.3 is 14.4 Å². The topological polar surface area (TPSA) is 93.2 Å². The lowest BCUT2D eigenvalue weighted by Gasteiger charge is -2.33. The maximum atomic E-state index is 13.5. The lowest BCUT2D eigenvalue weighted by atomic mass is 9.97. The number of ether oxygens (including phenoxy) is 2. The van der Waals surface area contributed by atoms with Gasteiger partial charge in [-0.3, -0.25) is 13.9 Å². The lowest BCUT2D eigenvalue weighted by Crippen LogP contribution is -2.46. The molecule has 172 valence electrons. The molecule has 3 rings (SSSR count). The Bertz CT molecular complexity index is 1030. The minimum atomic E-state index is -4.03. The van der Waals surface area contributed by atoms with E-state index in [0.717, 1.165) is 4.31 Å². The Morgan fingerprint density at radius 1 is 1.03 bits per heavy atom. The van der Waals surface area contributed by atoms with Gasteiger partial charge in [-0.25, -0.2) is 8.42 Å². The number of benzene rings is 2. The number of hydrogen-bond donors (Lipinski definition) is 0. The maximum Gasteiger partial charge on any atom is 0.308 e. The van der Waals surface area contributed by atoms with Crippen molar-refractivity contribution in [2.75, 3.05) is 37.7 Å². The van der Waals surface area contributed by atoms with Gasteiger partial charge in [-0.05, 0) is 44.0 Å². The predicted octanol–water partition coefficient (Wildman–Crippen LogP) is 2.69. The Balaban J connectivity index is 1.89. The van der Waals surface area contributed by atoms with Gasteiger partial charge in [0.05, 0.1) is 30.2 Å². The van der Waals surface area contributed by atoms with Gasteiger partial charge in [-0.2, -0.15) is 0 Å². The van der Waals surface area contributed by atoms with Crippen LogP contribution in [-0.2, 0) is 24.3 Å². The molecular weight excluding hydrogens is 432 g/mol. The zero-order valence-electron chi connectivity index (χ0n) is 18.3. The number of esters is 1. The summed E-state index contributed by atoms with van der Waals surface area (Å²) in [5, 5.41) is 0. The van der Waals surface area contributed by atoms with Crippen molar-refractivity contribution in [3.05, 3.63) is 54.6 Å². The molecule has 1 amide bonds. The highest BCUT2D eigenvalue weighted by Gasteiger charge is 2.33. The van der Waals surface area contributed by atoms with Crippen LogP contribution in [0.1, 0.15) is 19.8 Å². The van der Waals surface area contributed by atoms with Crippen LogP contribution in [0.5, 0.6) is 5.75 Å². The van der Waals surface area contributed by atoms with Crippen molar-refractivity contribution in [1.82, 2.24) is 4.90 Å². The third-order valence-electron chi connectivity index (χ3n) is 5.43. The van der Waals surface area contributed by atoms with E-state index in [0.29, 0.717) is 44.0 Å². The number of rotatable bonds is 8. The number of para-hydroxylation sites is 2. The number of amides is 1. The Morgan fingerprint density at radius 2 is 1.66 bits per heavy atom. The lowest BCUT2D eigenvalue weighted by molar-refractivity contribution is -0.148. The van der Waals surface area contributed by atoms with Gasteiger partial charge in [0.1, 0.15) is 12.3 Å². The number of nitrogens with zero attached hydrogens (tertiary/aromatic N) is 2. The van der Waals surface area contributed by atoms with Gasteiger partial charge >= 0.3 is 5.97 Å². The van der Waals surface area contributed by atoms with Crippen LogP contribution in [0.4, 0.5) is 5.69 Å². The number of carbonyl (C=O) groups is 2. The third kappa shape index (κ3) is 5.21. The van der Waals surface area contributed by atoms with E-state index >= 15 is 0 Å². The molecule has 0 bridgehead atoms. The van der Waals surface area contributed by atoms with E-state index in [-0.39, 0.29) is 29.2 Å². The summed E-state index contributed by atoms with van der Waals surface area (Å²) in [6.45, 7) is 2.52. The van der Waals surface area contributed by atoms with Crippen molar-refractivity contribution in [3.8, 4) is 5.75 Å². The van der Waals surface area contributed by atoms with Crippen molar-refractivity contribution in [2.45, 2.75) is 24.7 Å². The van der Waals surface area contributed by atoms with Crippen molar-refractivity contribution < 1.29 is 27.5 Å². The molecule has 0 spiro atoms. The zero-order valence-corrected chi connectivity index (χ0v) is 19.1. The van der Waals surface area contributed by atoms with Gasteiger partial charge in [-0.1, -0.05) is 30.3 Å². The molecule has 8 nitrogen and oxygen atoms in total. The molecule has 0 N–H and O–H groups in total. The predicted molar refractivity (Wildman–Crippen MR) is 120 cm³/mol. The summed E-state index contributed by atoms with van der Waals surface area (Å²) < 4.78 is 38.6. The molecule has 1 aliphatic rings. The van der Waals surface area contributed by atoms with Crippen LogP contribution in [0, 0.1) is 5.92 Å². The number of methoxy groups -OCH3 is 1. The molecule has 0 unspecified atom stereocenters. The first-order valence-electron chi connectivity index (χ1n) is 10.5. The Hall–Kier alpha value is -3.07. The highest BCUT2D eigenvalue weighted by Crippen LogP contribution is 2.32. The van der Waals surface area contributed by atoms with Crippen molar-refractivity contribution in [2.24, 2.45) is 5.92 Å². The zero-order chi connectivity index (χ0) is 23.1. The number of carbonyl (C=O) groups excluding carboxylic acids is 2. The van der Waals surface area contributed by atoms with Gasteiger partial charge in [0.2, 0.25) is 5.91 Å². The SMILES string of the molecule is CCOc1ccccc1N(CC(=O)N1CCC(C(=O)OC)CC1)S(=O)(=O)c1ccccc1. The van der Waals surface area contributed by atoms with Crippen molar-refractivity contribution >= 4 is 27.6 Å². The van der Waals surface area contributed by atoms with Gasteiger partial charge in [0, 0.05) is 13.1 Å². The second kappa shape index (κ2) is 10.5. The fourth-order valence-corrected chi connectivity index (χ4v) is 5.16. The Morgan fingerprint density at radius 3 is 2.28 bits per heavy atom. The average molecular weight is 461 g/mol.